The summed E-state index contributed by atoms with van der Waals surface area (Å²) >= 11 is 0. The molecule has 2 aromatic heterocycles. The van der Waals surface area contributed by atoms with Crippen LogP contribution in [0.5, 0.6) is 5.88 Å². The van der Waals surface area contributed by atoms with Crippen molar-refractivity contribution in [2.75, 3.05) is 5.73 Å². The second kappa shape index (κ2) is 10.6. The predicted molar refractivity (Wildman–Crippen MR) is 128 cm³/mol. The van der Waals surface area contributed by atoms with E-state index in [9.17, 15) is 18.0 Å². The first kappa shape index (κ1) is 25.5. The number of carboxylic acid groups (broad SMARTS) is 1. The van der Waals surface area contributed by atoms with Gasteiger partial charge in [-0.25, -0.2) is 15.0 Å². The lowest BCUT2D eigenvalue weighted by molar-refractivity contribution is -0.198. The molecule has 0 bridgehead atoms. The number of nitrogens with two attached hydrogens (primary N) is 2. The maximum atomic E-state index is 14.0. The van der Waals surface area contributed by atoms with E-state index < -0.39 is 24.3 Å². The minimum absolute atomic E-state index is 0.110. The zero-order valence-electron chi connectivity index (χ0n) is 19.1. The van der Waals surface area contributed by atoms with Gasteiger partial charge in [-0.1, -0.05) is 48.5 Å². The summed E-state index contributed by atoms with van der Waals surface area (Å²) < 4.78 is 47.2. The first-order valence-corrected chi connectivity index (χ1v) is 10.9. The van der Waals surface area contributed by atoms with Crippen molar-refractivity contribution < 1.29 is 27.8 Å². The largest absolute Gasteiger partial charge is 0.480 e. The number of aromatic nitrogens is 4. The molecule has 0 aliphatic carbocycles. The first-order valence-electron chi connectivity index (χ1n) is 10.9. The molecule has 0 radical (unpaired) electrons. The monoisotopic (exact) mass is 510 g/mol. The molecule has 1 unspecified atom stereocenters. The molecule has 0 spiro atoms. The summed E-state index contributed by atoms with van der Waals surface area (Å²) in [6, 6.07) is 14.0. The molecule has 2 aromatic carbocycles. The van der Waals surface area contributed by atoms with Crippen LogP contribution in [-0.4, -0.2) is 43.2 Å². The standard InChI is InChI=1S/C25H21F3N6O3/c26-25(27,28)22(17-7-5-15(6-8-17)19-9-10-31-13-32-19)37-21-12-20(33-24(30)34-21)16-3-1-14(2-4-16)11-18(29)23(35)36/h1-10,12-13,18,22H,11,29H2,(H,35,36)(H2,30,33,34)/t18?,22-/m0/s1. The van der Waals surface area contributed by atoms with Crippen molar-refractivity contribution in [3.05, 3.63) is 84.3 Å². The van der Waals surface area contributed by atoms with Crippen molar-refractivity contribution in [2.24, 2.45) is 5.73 Å². The number of rotatable bonds is 8. The Morgan fingerprint density at radius 3 is 2.22 bits per heavy atom. The van der Waals surface area contributed by atoms with Crippen LogP contribution < -0.4 is 16.2 Å². The molecule has 0 aliphatic rings. The van der Waals surface area contributed by atoms with Crippen molar-refractivity contribution >= 4 is 11.9 Å². The Hall–Kier alpha value is -4.58. The average Bonchev–Trinajstić information content (AvgIpc) is 2.87. The fourth-order valence-electron chi connectivity index (χ4n) is 3.54. The minimum Gasteiger partial charge on any atom is -0.480 e. The molecule has 5 N–H and O–H groups in total. The molecular weight excluding hydrogens is 489 g/mol. The quantitative estimate of drug-likeness (QED) is 0.321. The molecule has 0 amide bonds. The number of carbonyl (C=O) groups is 1. The summed E-state index contributed by atoms with van der Waals surface area (Å²) in [4.78, 5) is 26.8. The Balaban J connectivity index is 1.58. The third-order valence-corrected chi connectivity index (χ3v) is 5.37. The second-order valence-electron chi connectivity index (χ2n) is 8.05. The maximum absolute atomic E-state index is 14.0. The van der Waals surface area contributed by atoms with E-state index in [0.717, 1.165) is 0 Å². The number of aliphatic carboxylic acids is 1. The minimum atomic E-state index is -4.75. The van der Waals surface area contributed by atoms with Crippen LogP contribution in [-0.2, 0) is 11.2 Å². The highest BCUT2D eigenvalue weighted by atomic mass is 19.4. The Morgan fingerprint density at radius 2 is 1.62 bits per heavy atom. The number of nitrogen functional groups attached to an aromatic ring is 1. The van der Waals surface area contributed by atoms with Crippen LogP contribution in [0.1, 0.15) is 17.2 Å². The topological polar surface area (TPSA) is 150 Å². The van der Waals surface area contributed by atoms with Crippen molar-refractivity contribution in [3.63, 3.8) is 0 Å². The third kappa shape index (κ3) is 6.35. The summed E-state index contributed by atoms with van der Waals surface area (Å²) in [6.45, 7) is 0. The molecule has 37 heavy (non-hydrogen) atoms. The summed E-state index contributed by atoms with van der Waals surface area (Å²) in [5.74, 6) is -1.76. The van der Waals surface area contributed by atoms with Crippen LogP contribution in [0.3, 0.4) is 0 Å². The molecule has 190 valence electrons. The highest BCUT2D eigenvalue weighted by Gasteiger charge is 2.43. The zero-order chi connectivity index (χ0) is 26.6. The first-order chi connectivity index (χ1) is 17.6. The smallest absolute Gasteiger partial charge is 0.429 e. The van der Waals surface area contributed by atoms with Crippen molar-refractivity contribution in [1.82, 2.24) is 19.9 Å². The van der Waals surface area contributed by atoms with Crippen LogP contribution >= 0.6 is 0 Å². The summed E-state index contributed by atoms with van der Waals surface area (Å²) in [6.07, 6.45) is -4.07. The molecule has 0 aliphatic heterocycles. The number of hydrogen-bond acceptors (Lipinski definition) is 8. The molecule has 12 heteroatoms. The van der Waals surface area contributed by atoms with Gasteiger partial charge in [0, 0.05) is 29.0 Å². The maximum Gasteiger partial charge on any atom is 0.429 e. The van der Waals surface area contributed by atoms with Crippen molar-refractivity contribution in [3.8, 4) is 28.4 Å². The predicted octanol–water partition coefficient (Wildman–Crippen LogP) is 3.82. The molecule has 2 atom stereocenters. The number of halogens is 3. The van der Waals surface area contributed by atoms with Gasteiger partial charge in [-0.3, -0.25) is 4.79 Å². The third-order valence-electron chi connectivity index (χ3n) is 5.37. The van der Waals surface area contributed by atoms with E-state index in [2.05, 4.69) is 19.9 Å². The lowest BCUT2D eigenvalue weighted by Gasteiger charge is -2.22. The molecule has 9 nitrogen and oxygen atoms in total. The summed E-state index contributed by atoms with van der Waals surface area (Å²) in [5.41, 5.74) is 13.8. The summed E-state index contributed by atoms with van der Waals surface area (Å²) in [5, 5.41) is 8.96. The van der Waals surface area contributed by atoms with Crippen LogP contribution in [0.15, 0.2) is 73.2 Å². The van der Waals surface area contributed by atoms with Gasteiger partial charge in [0.1, 0.15) is 12.4 Å². The Kier molecular flexibility index (Phi) is 7.30. The van der Waals surface area contributed by atoms with E-state index in [1.54, 1.807) is 30.3 Å². The number of hydrogen-bond donors (Lipinski definition) is 3. The van der Waals surface area contributed by atoms with Gasteiger partial charge in [-0.05, 0) is 18.1 Å². The summed E-state index contributed by atoms with van der Waals surface area (Å²) in [7, 11) is 0. The number of anilines is 1. The molecule has 0 fully saturated rings. The van der Waals surface area contributed by atoms with E-state index in [0.29, 0.717) is 22.4 Å². The SMILES string of the molecule is Nc1nc(O[C@@H](c2ccc(-c3ccncn3)cc2)C(F)(F)F)cc(-c2ccc(CC(N)C(=O)O)cc2)n1. The molecule has 2 heterocycles. The fraction of sp³-hybridized carbons (Fsp3) is 0.160. The van der Waals surface area contributed by atoms with Crippen LogP contribution in [0, 0.1) is 0 Å². The van der Waals surface area contributed by atoms with Crippen molar-refractivity contribution in [2.45, 2.75) is 24.7 Å². The van der Waals surface area contributed by atoms with Gasteiger partial charge in [-0.2, -0.15) is 18.2 Å². The van der Waals surface area contributed by atoms with E-state index in [1.807, 2.05) is 0 Å². The van der Waals surface area contributed by atoms with Gasteiger partial charge in [0.25, 0.3) is 0 Å². The number of nitrogens with zero attached hydrogens (tertiary/aromatic N) is 4. The molecule has 4 rings (SSSR count). The Labute approximate surface area is 209 Å². The van der Waals surface area contributed by atoms with Crippen LogP contribution in [0.25, 0.3) is 22.5 Å². The van der Waals surface area contributed by atoms with E-state index in [-0.39, 0.29) is 29.5 Å². The van der Waals surface area contributed by atoms with E-state index >= 15 is 0 Å². The highest BCUT2D eigenvalue weighted by molar-refractivity contribution is 5.73. The number of benzene rings is 2. The lowest BCUT2D eigenvalue weighted by Crippen LogP contribution is -2.32. The molecule has 4 aromatic rings. The van der Waals surface area contributed by atoms with Gasteiger partial charge >= 0.3 is 12.1 Å². The fourth-order valence-corrected chi connectivity index (χ4v) is 3.54. The number of alkyl halides is 3. The van der Waals surface area contributed by atoms with Gasteiger partial charge in [0.15, 0.2) is 0 Å². The van der Waals surface area contributed by atoms with Crippen LogP contribution in [0.4, 0.5) is 19.1 Å². The van der Waals surface area contributed by atoms with Crippen LogP contribution in [0.2, 0.25) is 0 Å². The Bertz CT molecular complexity index is 1370. The normalized spacial score (nSPS) is 13.1. The Morgan fingerprint density at radius 1 is 0.973 bits per heavy atom. The zero-order valence-corrected chi connectivity index (χ0v) is 19.1. The highest BCUT2D eigenvalue weighted by Crippen LogP contribution is 2.37. The van der Waals surface area contributed by atoms with Gasteiger partial charge in [-0.15, -0.1) is 0 Å². The van der Waals surface area contributed by atoms with E-state index in [1.165, 1.54) is 42.9 Å². The van der Waals surface area contributed by atoms with Gasteiger partial charge < -0.3 is 21.3 Å². The molecule has 0 saturated heterocycles. The average molecular weight is 510 g/mol. The van der Waals surface area contributed by atoms with Gasteiger partial charge in [0.2, 0.25) is 17.9 Å². The number of carboxylic acids is 1. The molecular formula is C25H21F3N6O3. The van der Waals surface area contributed by atoms with Gasteiger partial charge in [0.05, 0.1) is 11.4 Å². The van der Waals surface area contributed by atoms with Crippen molar-refractivity contribution in [1.29, 1.82) is 0 Å². The second-order valence-corrected chi connectivity index (χ2v) is 8.05. The van der Waals surface area contributed by atoms with E-state index in [4.69, 9.17) is 21.3 Å². The molecule has 0 saturated carbocycles. The lowest BCUT2D eigenvalue weighted by atomic mass is 10.0. The number of ether oxygens (including phenoxy) is 1.